The van der Waals surface area contributed by atoms with Gasteiger partial charge in [0.2, 0.25) is 0 Å². The normalized spacial score (nSPS) is 47.6. The summed E-state index contributed by atoms with van der Waals surface area (Å²) in [4.78, 5) is 0. The summed E-state index contributed by atoms with van der Waals surface area (Å²) in [6.07, 6.45) is 51.1. The number of ether oxygens (including phenoxy) is 1. The Kier molecular flexibility index (Phi) is 9.10. The third kappa shape index (κ3) is 5.65. The van der Waals surface area contributed by atoms with Gasteiger partial charge in [0, 0.05) is 29.6 Å². The standard InChI is InChI=1S/C47H60N4O/c48-29-30-18-20-33(21-19-30)44-49-45(34-24-22-32(23-25-34)31-10-2-1-3-11-31)51-46(50-44)35-26-27-41-43(28-35)52-42-17-9-8-16-40(42)47(41)38-14-6-4-12-36(38)37-13-5-7-15-39(37)47/h2,4-5,10-13,17,22-24,26-27,30,33-41,43-46,49-51H,1,3,6-9,14-16,18-21,25,28H2. The second-order valence-corrected chi connectivity index (χ2v) is 18.2. The summed E-state index contributed by atoms with van der Waals surface area (Å²) < 4.78 is 7.28. The lowest BCUT2D eigenvalue weighted by molar-refractivity contribution is -0.143. The van der Waals surface area contributed by atoms with Gasteiger partial charge in [-0.25, -0.2) is 0 Å². The van der Waals surface area contributed by atoms with Crippen LogP contribution in [0.1, 0.15) is 96.3 Å². The maximum absolute atomic E-state index is 9.66. The second kappa shape index (κ2) is 14.1. The number of allylic oxidation sites excluding steroid dienone is 13. The molecule has 0 amide bonds. The quantitative estimate of drug-likeness (QED) is 0.256. The smallest absolute Gasteiger partial charge is 0.106 e. The molecule has 0 bridgehead atoms. The number of hydrogen-bond donors (Lipinski definition) is 3. The lowest BCUT2D eigenvalue weighted by atomic mass is 9.48. The molecule has 52 heavy (non-hydrogen) atoms. The van der Waals surface area contributed by atoms with E-state index in [2.05, 4.69) is 101 Å². The van der Waals surface area contributed by atoms with Crippen molar-refractivity contribution in [2.45, 2.75) is 121 Å². The van der Waals surface area contributed by atoms with Gasteiger partial charge in [0.15, 0.2) is 0 Å². The van der Waals surface area contributed by atoms with Crippen LogP contribution in [0.25, 0.3) is 0 Å². The minimum absolute atomic E-state index is 0.182. The summed E-state index contributed by atoms with van der Waals surface area (Å²) in [6.45, 7) is 0. The zero-order chi connectivity index (χ0) is 34.6. The van der Waals surface area contributed by atoms with Crippen molar-refractivity contribution < 1.29 is 4.74 Å². The van der Waals surface area contributed by atoms with Crippen LogP contribution in [-0.4, -0.2) is 24.6 Å². The molecule has 0 radical (unpaired) electrons. The Hall–Kier alpha value is -2.91. The molecule has 5 nitrogen and oxygen atoms in total. The van der Waals surface area contributed by atoms with E-state index in [9.17, 15) is 5.26 Å². The van der Waals surface area contributed by atoms with Crippen LogP contribution in [-0.2, 0) is 4.74 Å². The number of hydrogen-bond acceptors (Lipinski definition) is 5. The topological polar surface area (TPSA) is 69.1 Å². The molecule has 274 valence electrons. The van der Waals surface area contributed by atoms with E-state index in [1.165, 1.54) is 61.9 Å². The zero-order valence-electron chi connectivity index (χ0n) is 31.1. The van der Waals surface area contributed by atoms with Crippen LogP contribution in [0.3, 0.4) is 0 Å². The van der Waals surface area contributed by atoms with E-state index in [1.54, 1.807) is 0 Å². The second-order valence-electron chi connectivity index (χ2n) is 18.2. The first kappa shape index (κ1) is 33.6. The average Bonchev–Trinajstić information content (AvgIpc) is 3.51. The Balaban J connectivity index is 0.948. The van der Waals surface area contributed by atoms with E-state index in [1.807, 2.05) is 0 Å². The van der Waals surface area contributed by atoms with Crippen molar-refractivity contribution >= 4 is 0 Å². The van der Waals surface area contributed by atoms with E-state index in [4.69, 9.17) is 4.74 Å². The van der Waals surface area contributed by atoms with Crippen LogP contribution < -0.4 is 16.0 Å². The fourth-order valence-corrected chi connectivity index (χ4v) is 13.6. The predicted molar refractivity (Wildman–Crippen MR) is 208 cm³/mol. The van der Waals surface area contributed by atoms with Gasteiger partial charge in [-0.3, -0.25) is 16.0 Å². The van der Waals surface area contributed by atoms with Crippen LogP contribution in [0.4, 0.5) is 0 Å². The van der Waals surface area contributed by atoms with Gasteiger partial charge in [0.05, 0.1) is 30.3 Å². The Morgan fingerprint density at radius 3 is 2.12 bits per heavy atom. The van der Waals surface area contributed by atoms with E-state index in [-0.39, 0.29) is 30.5 Å². The lowest BCUT2D eigenvalue weighted by Crippen LogP contribution is -2.72. The molecule has 10 rings (SSSR count). The Bertz CT molecular complexity index is 1630. The van der Waals surface area contributed by atoms with Gasteiger partial charge in [-0.05, 0) is 149 Å². The van der Waals surface area contributed by atoms with E-state index in [0.717, 1.165) is 63.2 Å². The molecule has 0 aromatic rings. The molecule has 0 aromatic carbocycles. The first-order valence-corrected chi connectivity index (χ1v) is 21.5. The van der Waals surface area contributed by atoms with Crippen molar-refractivity contribution in [3.63, 3.8) is 0 Å². The average molecular weight is 697 g/mol. The van der Waals surface area contributed by atoms with Crippen LogP contribution >= 0.6 is 0 Å². The Morgan fingerprint density at radius 2 is 1.40 bits per heavy atom. The molecule has 0 aromatic heterocycles. The van der Waals surface area contributed by atoms with Crippen LogP contribution in [0.2, 0.25) is 0 Å². The molecular weight excluding hydrogens is 637 g/mol. The summed E-state index contributed by atoms with van der Waals surface area (Å²) >= 11 is 0. The van der Waals surface area contributed by atoms with Crippen molar-refractivity contribution in [3.8, 4) is 6.07 Å². The van der Waals surface area contributed by atoms with Crippen molar-refractivity contribution in [1.82, 2.24) is 16.0 Å². The third-order valence-electron chi connectivity index (χ3n) is 15.8. The molecule has 8 aliphatic carbocycles. The van der Waals surface area contributed by atoms with Crippen molar-refractivity contribution in [2.24, 2.45) is 64.6 Å². The highest BCUT2D eigenvalue weighted by Gasteiger charge is 2.68. The Labute approximate surface area is 312 Å². The molecule has 2 aliphatic heterocycles. The fourth-order valence-electron chi connectivity index (χ4n) is 13.6. The molecular formula is C47H60N4O. The monoisotopic (exact) mass is 696 g/mol. The van der Waals surface area contributed by atoms with Gasteiger partial charge < -0.3 is 4.74 Å². The van der Waals surface area contributed by atoms with Crippen molar-refractivity contribution in [3.05, 3.63) is 95.9 Å². The van der Waals surface area contributed by atoms with Gasteiger partial charge in [-0.2, -0.15) is 5.26 Å². The molecule has 4 fully saturated rings. The summed E-state index contributed by atoms with van der Waals surface area (Å²) in [5, 5.41) is 22.1. The fraction of sp³-hybridized carbons (Fsp3) is 0.638. The number of fused-ring (bicyclic) bond motifs is 9. The summed E-state index contributed by atoms with van der Waals surface area (Å²) in [5.41, 5.74) is 3.07. The molecule has 2 saturated carbocycles. The van der Waals surface area contributed by atoms with Gasteiger partial charge in [0.25, 0.3) is 0 Å². The number of nitrogens with zero attached hydrogens (tertiary/aromatic N) is 1. The number of nitrogens with one attached hydrogen (secondary N) is 3. The molecule has 1 spiro atoms. The SMILES string of the molecule is N#CC1CCC(C2NC(C3C=CC(C4=CCCC=C4)=CC3)NC(C3C=CC4C(C3)OC3=CCCCC3C43C4CCC=CC4C4C=CCCC43)N2)CC1. The van der Waals surface area contributed by atoms with Gasteiger partial charge in [0.1, 0.15) is 6.10 Å². The molecule has 12 atom stereocenters. The molecule has 5 heteroatoms. The largest absolute Gasteiger partial charge is 0.494 e. The van der Waals surface area contributed by atoms with Crippen LogP contribution in [0.15, 0.2) is 95.9 Å². The van der Waals surface area contributed by atoms with Crippen molar-refractivity contribution in [1.29, 1.82) is 5.26 Å². The number of rotatable bonds is 4. The zero-order valence-corrected chi connectivity index (χ0v) is 31.1. The first-order chi connectivity index (χ1) is 25.7. The molecule has 2 saturated heterocycles. The van der Waals surface area contributed by atoms with Gasteiger partial charge in [-0.15, -0.1) is 0 Å². The molecule has 3 N–H and O–H groups in total. The van der Waals surface area contributed by atoms with Crippen molar-refractivity contribution in [2.75, 3.05) is 0 Å². The minimum atomic E-state index is 0.182. The highest BCUT2D eigenvalue weighted by Crippen LogP contribution is 2.72. The molecule has 12 unspecified atom stereocenters. The molecule has 2 heterocycles. The minimum Gasteiger partial charge on any atom is -0.494 e. The van der Waals surface area contributed by atoms with E-state index in [0.29, 0.717) is 46.8 Å². The van der Waals surface area contributed by atoms with Gasteiger partial charge >= 0.3 is 0 Å². The van der Waals surface area contributed by atoms with E-state index >= 15 is 0 Å². The lowest BCUT2D eigenvalue weighted by Gasteiger charge is -2.60. The third-order valence-corrected chi connectivity index (χ3v) is 15.8. The predicted octanol–water partition coefficient (Wildman–Crippen LogP) is 9.30. The summed E-state index contributed by atoms with van der Waals surface area (Å²) in [7, 11) is 0. The maximum atomic E-state index is 9.66. The van der Waals surface area contributed by atoms with Gasteiger partial charge in [-0.1, -0.05) is 72.9 Å². The highest BCUT2D eigenvalue weighted by molar-refractivity contribution is 5.49. The Morgan fingerprint density at radius 1 is 0.654 bits per heavy atom. The van der Waals surface area contributed by atoms with Crippen LogP contribution in [0, 0.1) is 75.9 Å². The molecule has 10 aliphatic rings. The maximum Gasteiger partial charge on any atom is 0.106 e. The first-order valence-electron chi connectivity index (χ1n) is 21.5. The van der Waals surface area contributed by atoms with Crippen LogP contribution in [0.5, 0.6) is 0 Å². The number of nitriles is 1. The highest BCUT2D eigenvalue weighted by atomic mass is 16.5. The summed E-state index contributed by atoms with van der Waals surface area (Å²) in [5.74, 6) is 6.86. The summed E-state index contributed by atoms with van der Waals surface area (Å²) in [6, 6.07) is 2.57. The van der Waals surface area contributed by atoms with E-state index < -0.39 is 0 Å².